The average molecular weight is 571 g/mol. The van der Waals surface area contributed by atoms with E-state index in [9.17, 15) is 28.9 Å². The topological polar surface area (TPSA) is 130 Å². The van der Waals surface area contributed by atoms with Gasteiger partial charge in [0, 0.05) is 39.5 Å². The van der Waals surface area contributed by atoms with Crippen molar-refractivity contribution < 1.29 is 23.7 Å². The molecule has 0 bridgehead atoms. The van der Waals surface area contributed by atoms with Crippen LogP contribution in [-0.4, -0.2) is 28.4 Å². The van der Waals surface area contributed by atoms with Crippen molar-refractivity contribution in [2.24, 2.45) is 0 Å². The highest BCUT2D eigenvalue weighted by atomic mass is 32.2. The van der Waals surface area contributed by atoms with Gasteiger partial charge < -0.3 is 16.0 Å². The van der Waals surface area contributed by atoms with Crippen LogP contribution in [0.1, 0.15) is 15.9 Å². The molecule has 0 atom stereocenters. The summed E-state index contributed by atoms with van der Waals surface area (Å²) in [6.07, 6.45) is 1.26. The van der Waals surface area contributed by atoms with Crippen LogP contribution in [0.3, 0.4) is 0 Å². The first-order valence-corrected chi connectivity index (χ1v) is 13.2. The quantitative estimate of drug-likeness (QED) is 0.0946. The predicted octanol–water partition coefficient (Wildman–Crippen LogP) is 5.87. The third-order valence-corrected chi connectivity index (χ3v) is 6.55. The average Bonchev–Trinajstić information content (AvgIpc) is 2.97. The number of rotatable bonds is 10. The fourth-order valence-corrected chi connectivity index (χ4v) is 4.32. The molecule has 0 saturated heterocycles. The molecule has 0 spiro atoms. The van der Waals surface area contributed by atoms with E-state index in [0.717, 1.165) is 0 Å². The second-order valence-corrected chi connectivity index (χ2v) is 9.57. The number of carbonyl (C=O) groups is 3. The summed E-state index contributed by atoms with van der Waals surface area (Å²) in [5, 5.41) is 18.7. The molecule has 41 heavy (non-hydrogen) atoms. The minimum absolute atomic E-state index is 0.0416. The number of nitro groups is 1. The van der Waals surface area contributed by atoms with Crippen LogP contribution in [-0.2, 0) is 9.59 Å². The van der Waals surface area contributed by atoms with Gasteiger partial charge in [-0.2, -0.15) is 0 Å². The molecule has 0 aliphatic heterocycles. The van der Waals surface area contributed by atoms with Crippen molar-refractivity contribution in [2.45, 2.75) is 4.90 Å². The van der Waals surface area contributed by atoms with Crippen molar-refractivity contribution in [3.05, 3.63) is 136 Å². The summed E-state index contributed by atoms with van der Waals surface area (Å²) in [4.78, 5) is 49.3. The number of thioether (sulfide) groups is 1. The molecule has 0 unspecified atom stereocenters. The molecular formula is C30H23FN4O5S. The monoisotopic (exact) mass is 570 g/mol. The Kier molecular flexibility index (Phi) is 9.57. The van der Waals surface area contributed by atoms with Gasteiger partial charge in [0.2, 0.25) is 5.91 Å². The Labute approximate surface area is 238 Å². The van der Waals surface area contributed by atoms with Gasteiger partial charge in [-0.1, -0.05) is 42.5 Å². The van der Waals surface area contributed by atoms with Crippen molar-refractivity contribution in [3.8, 4) is 0 Å². The standard InChI is InChI=1S/C30H23FN4O5S/c31-26-12-5-4-9-21(26)17-27(34-29(37)20-7-2-1-3-8-20)30(38)33-23-10-6-11-25(18-23)41-19-28(36)32-22-13-15-24(16-14-22)35(39)40/h1-18H,19H2,(H,32,36)(H,33,38)(H,34,37)/b27-17-. The number of halogens is 1. The molecule has 3 N–H and O–H groups in total. The van der Waals surface area contributed by atoms with Crippen molar-refractivity contribution in [1.82, 2.24) is 5.32 Å². The van der Waals surface area contributed by atoms with Crippen LogP contribution < -0.4 is 16.0 Å². The summed E-state index contributed by atoms with van der Waals surface area (Å²) in [7, 11) is 0. The molecule has 206 valence electrons. The van der Waals surface area contributed by atoms with E-state index in [1.54, 1.807) is 60.7 Å². The number of hydrogen-bond acceptors (Lipinski definition) is 6. The summed E-state index contributed by atoms with van der Waals surface area (Å²) in [6, 6.07) is 26.4. The lowest BCUT2D eigenvalue weighted by Gasteiger charge is -2.12. The second kappa shape index (κ2) is 13.7. The number of carbonyl (C=O) groups excluding carboxylic acids is 3. The minimum Gasteiger partial charge on any atom is -0.325 e. The molecule has 4 rings (SSSR count). The Morgan fingerprint density at radius 3 is 2.24 bits per heavy atom. The van der Waals surface area contributed by atoms with E-state index in [0.29, 0.717) is 21.8 Å². The number of nitrogens with zero attached hydrogens (tertiary/aromatic N) is 1. The third kappa shape index (κ3) is 8.35. The number of non-ortho nitro benzene ring substituents is 1. The van der Waals surface area contributed by atoms with Crippen LogP contribution in [0.15, 0.2) is 114 Å². The highest BCUT2D eigenvalue weighted by molar-refractivity contribution is 8.00. The number of hydrogen-bond donors (Lipinski definition) is 3. The Bertz CT molecular complexity index is 1610. The summed E-state index contributed by atoms with van der Waals surface area (Å²) in [5.41, 5.74) is 1.02. The molecule has 0 aliphatic carbocycles. The molecule has 4 aromatic carbocycles. The van der Waals surface area contributed by atoms with Gasteiger partial charge in [0.25, 0.3) is 17.5 Å². The number of nitrogens with one attached hydrogen (secondary N) is 3. The molecule has 9 nitrogen and oxygen atoms in total. The molecule has 0 radical (unpaired) electrons. The first-order valence-electron chi connectivity index (χ1n) is 12.2. The summed E-state index contributed by atoms with van der Waals surface area (Å²) in [5.74, 6) is -2.04. The highest BCUT2D eigenvalue weighted by Crippen LogP contribution is 2.23. The molecule has 0 aromatic heterocycles. The van der Waals surface area contributed by atoms with Gasteiger partial charge in [-0.3, -0.25) is 24.5 Å². The van der Waals surface area contributed by atoms with E-state index in [-0.39, 0.29) is 28.6 Å². The third-order valence-electron chi connectivity index (χ3n) is 5.56. The smallest absolute Gasteiger partial charge is 0.272 e. The molecule has 11 heteroatoms. The first-order chi connectivity index (χ1) is 19.8. The van der Waals surface area contributed by atoms with Crippen LogP contribution in [0.4, 0.5) is 21.5 Å². The molecule has 3 amide bonds. The SMILES string of the molecule is O=C(CSc1cccc(NC(=O)/C(=C/c2ccccc2F)NC(=O)c2ccccc2)c1)Nc1ccc([N+](=O)[O-])cc1. The molecule has 4 aromatic rings. The van der Waals surface area contributed by atoms with E-state index in [2.05, 4.69) is 16.0 Å². The van der Waals surface area contributed by atoms with Gasteiger partial charge in [0.1, 0.15) is 11.5 Å². The van der Waals surface area contributed by atoms with Crippen LogP contribution in [0.2, 0.25) is 0 Å². The van der Waals surface area contributed by atoms with Crippen molar-refractivity contribution in [3.63, 3.8) is 0 Å². The van der Waals surface area contributed by atoms with Gasteiger partial charge in [-0.15, -0.1) is 11.8 Å². The largest absolute Gasteiger partial charge is 0.325 e. The highest BCUT2D eigenvalue weighted by Gasteiger charge is 2.16. The van der Waals surface area contributed by atoms with Gasteiger partial charge >= 0.3 is 0 Å². The predicted molar refractivity (Wildman–Crippen MR) is 156 cm³/mol. The van der Waals surface area contributed by atoms with Crippen LogP contribution in [0.25, 0.3) is 6.08 Å². The Hall–Kier alpha value is -5.29. The van der Waals surface area contributed by atoms with Crippen LogP contribution >= 0.6 is 11.8 Å². The van der Waals surface area contributed by atoms with Gasteiger partial charge in [0.15, 0.2) is 0 Å². The number of anilines is 2. The Morgan fingerprint density at radius 2 is 1.54 bits per heavy atom. The van der Waals surface area contributed by atoms with Gasteiger partial charge in [-0.25, -0.2) is 4.39 Å². The fraction of sp³-hybridized carbons (Fsp3) is 0.0333. The van der Waals surface area contributed by atoms with Crippen molar-refractivity contribution in [2.75, 3.05) is 16.4 Å². The zero-order chi connectivity index (χ0) is 29.2. The van der Waals surface area contributed by atoms with Crippen molar-refractivity contribution >= 4 is 52.6 Å². The number of amides is 3. The molecule has 0 saturated carbocycles. The lowest BCUT2D eigenvalue weighted by Crippen LogP contribution is -2.30. The molecule has 0 heterocycles. The maximum atomic E-state index is 14.3. The van der Waals surface area contributed by atoms with E-state index in [1.165, 1.54) is 60.3 Å². The lowest BCUT2D eigenvalue weighted by atomic mass is 10.1. The van der Waals surface area contributed by atoms with E-state index in [1.807, 2.05) is 0 Å². The zero-order valence-corrected chi connectivity index (χ0v) is 22.2. The molecule has 0 fully saturated rings. The second-order valence-electron chi connectivity index (χ2n) is 8.52. The Morgan fingerprint density at radius 1 is 0.829 bits per heavy atom. The summed E-state index contributed by atoms with van der Waals surface area (Å²) in [6.45, 7) is 0. The minimum atomic E-state index is -0.671. The maximum absolute atomic E-state index is 14.3. The van der Waals surface area contributed by atoms with Crippen LogP contribution in [0, 0.1) is 15.9 Å². The van der Waals surface area contributed by atoms with Crippen molar-refractivity contribution in [1.29, 1.82) is 0 Å². The van der Waals surface area contributed by atoms with Crippen LogP contribution in [0.5, 0.6) is 0 Å². The zero-order valence-electron chi connectivity index (χ0n) is 21.4. The lowest BCUT2D eigenvalue weighted by molar-refractivity contribution is -0.384. The molecular weight excluding hydrogens is 547 g/mol. The van der Waals surface area contributed by atoms with Gasteiger partial charge in [0.05, 0.1) is 10.7 Å². The van der Waals surface area contributed by atoms with E-state index < -0.39 is 22.6 Å². The Balaban J connectivity index is 1.43. The number of benzene rings is 4. The summed E-state index contributed by atoms with van der Waals surface area (Å²) >= 11 is 1.21. The van der Waals surface area contributed by atoms with Gasteiger partial charge in [-0.05, 0) is 54.6 Å². The normalized spacial score (nSPS) is 10.9. The maximum Gasteiger partial charge on any atom is 0.272 e. The molecule has 0 aliphatic rings. The summed E-state index contributed by atoms with van der Waals surface area (Å²) < 4.78 is 14.3. The van der Waals surface area contributed by atoms with E-state index >= 15 is 0 Å². The fourth-order valence-electron chi connectivity index (χ4n) is 3.56. The first kappa shape index (κ1) is 28.7. The number of nitro benzene ring substituents is 1. The van der Waals surface area contributed by atoms with E-state index in [4.69, 9.17) is 0 Å².